The molecule has 0 atom stereocenters. The molecular formula is C27H34N4O4. The number of hydrogen-bond donors (Lipinski definition) is 1. The zero-order chi connectivity index (χ0) is 25.6. The van der Waals surface area contributed by atoms with Crippen molar-refractivity contribution in [2.24, 2.45) is 0 Å². The molecule has 0 saturated carbocycles. The Labute approximate surface area is 207 Å². The standard InChI is InChI=1S/C27H34N4O4/c1-7-34-21-16-12-13-19(17-18-21)24(32)28-23-22(25(33)35-27(2,3)4)31(26(29-23)30(5)6)20-14-10-8-9-11-15-20/h8,10-12,14-18H,7,9,13H2,1-6H3,(H,28,32). The highest BCUT2D eigenvalue weighted by Crippen LogP contribution is 2.31. The molecule has 35 heavy (non-hydrogen) atoms. The van der Waals surface area contributed by atoms with E-state index in [1.807, 2.05) is 63.6 Å². The molecule has 1 N–H and O–H groups in total. The summed E-state index contributed by atoms with van der Waals surface area (Å²) < 4.78 is 13.0. The van der Waals surface area contributed by atoms with Crippen molar-refractivity contribution in [3.63, 3.8) is 0 Å². The maximum Gasteiger partial charge on any atom is 0.359 e. The van der Waals surface area contributed by atoms with E-state index in [0.29, 0.717) is 30.3 Å². The van der Waals surface area contributed by atoms with Crippen molar-refractivity contribution < 1.29 is 19.1 Å². The summed E-state index contributed by atoms with van der Waals surface area (Å²) in [4.78, 5) is 33.1. The van der Waals surface area contributed by atoms with Gasteiger partial charge in [0, 0.05) is 25.4 Å². The third-order valence-electron chi connectivity index (χ3n) is 4.98. The molecule has 1 aromatic heterocycles. The Morgan fingerprint density at radius 2 is 1.89 bits per heavy atom. The second-order valence-corrected chi connectivity index (χ2v) is 9.25. The summed E-state index contributed by atoms with van der Waals surface area (Å²) in [6, 6.07) is 0. The maximum atomic E-state index is 13.4. The largest absolute Gasteiger partial charge is 0.494 e. The molecule has 2 aliphatic rings. The number of rotatable bonds is 7. The average molecular weight is 479 g/mol. The number of ether oxygens (including phenoxy) is 2. The number of esters is 1. The van der Waals surface area contributed by atoms with Crippen molar-refractivity contribution in [3.8, 4) is 0 Å². The molecule has 0 bridgehead atoms. The van der Waals surface area contributed by atoms with Crippen molar-refractivity contribution >= 4 is 29.3 Å². The van der Waals surface area contributed by atoms with Gasteiger partial charge < -0.3 is 19.7 Å². The summed E-state index contributed by atoms with van der Waals surface area (Å²) in [7, 11) is 3.66. The molecule has 0 spiro atoms. The Morgan fingerprint density at radius 1 is 1.11 bits per heavy atom. The van der Waals surface area contributed by atoms with Gasteiger partial charge in [-0.05, 0) is 70.9 Å². The summed E-state index contributed by atoms with van der Waals surface area (Å²) in [6.07, 6.45) is 18.1. The predicted octanol–water partition coefficient (Wildman–Crippen LogP) is 5.01. The lowest BCUT2D eigenvalue weighted by molar-refractivity contribution is -0.112. The number of hydrogen-bond acceptors (Lipinski definition) is 6. The fraction of sp³-hybridized carbons (Fsp3) is 0.370. The van der Waals surface area contributed by atoms with Gasteiger partial charge in [0.25, 0.3) is 5.91 Å². The van der Waals surface area contributed by atoms with E-state index in [9.17, 15) is 9.59 Å². The van der Waals surface area contributed by atoms with Gasteiger partial charge >= 0.3 is 5.97 Å². The number of carbonyl (C=O) groups is 2. The van der Waals surface area contributed by atoms with Crippen LogP contribution in [0.5, 0.6) is 0 Å². The molecule has 2 aliphatic carbocycles. The van der Waals surface area contributed by atoms with Crippen molar-refractivity contribution in [2.75, 3.05) is 30.9 Å². The van der Waals surface area contributed by atoms with Crippen LogP contribution in [0.3, 0.4) is 0 Å². The van der Waals surface area contributed by atoms with E-state index in [-0.39, 0.29) is 17.4 Å². The summed E-state index contributed by atoms with van der Waals surface area (Å²) in [6.45, 7) is 7.84. The van der Waals surface area contributed by atoms with E-state index >= 15 is 0 Å². The monoisotopic (exact) mass is 478 g/mol. The van der Waals surface area contributed by atoms with Crippen molar-refractivity contribution in [3.05, 3.63) is 71.7 Å². The van der Waals surface area contributed by atoms with Crippen LogP contribution in [0.15, 0.2) is 66.0 Å². The third-order valence-corrected chi connectivity index (χ3v) is 4.98. The molecule has 1 amide bonds. The summed E-state index contributed by atoms with van der Waals surface area (Å²) in [5.41, 5.74) is 0.674. The maximum absolute atomic E-state index is 13.4. The first kappa shape index (κ1) is 25.8. The zero-order valence-electron chi connectivity index (χ0n) is 21.3. The fourth-order valence-corrected chi connectivity index (χ4v) is 3.50. The second kappa shape index (κ2) is 11.1. The van der Waals surface area contributed by atoms with Crippen molar-refractivity contribution in [2.45, 2.75) is 46.1 Å². The number of nitrogens with zero attached hydrogens (tertiary/aromatic N) is 3. The van der Waals surface area contributed by atoms with E-state index in [0.717, 1.165) is 12.1 Å². The Hall–Kier alpha value is -3.81. The average Bonchev–Trinajstić information content (AvgIpc) is 2.95. The quantitative estimate of drug-likeness (QED) is 0.555. The van der Waals surface area contributed by atoms with Crippen LogP contribution in [0, 0.1) is 0 Å². The molecule has 0 fully saturated rings. The molecule has 0 saturated heterocycles. The first-order valence-corrected chi connectivity index (χ1v) is 11.7. The Bertz CT molecular complexity index is 1150. The summed E-state index contributed by atoms with van der Waals surface area (Å²) in [5.74, 6) is 0.376. The third kappa shape index (κ3) is 6.62. The lowest BCUT2D eigenvalue weighted by atomic mass is 10.1. The van der Waals surface area contributed by atoms with E-state index in [1.165, 1.54) is 0 Å². The molecule has 8 nitrogen and oxygen atoms in total. The van der Waals surface area contributed by atoms with Crippen LogP contribution in [0.4, 0.5) is 11.8 Å². The minimum absolute atomic E-state index is 0.138. The molecule has 8 heteroatoms. The minimum Gasteiger partial charge on any atom is -0.494 e. The Kier molecular flexibility index (Phi) is 8.17. The van der Waals surface area contributed by atoms with E-state index in [2.05, 4.69) is 10.3 Å². The van der Waals surface area contributed by atoms with Gasteiger partial charge in [-0.2, -0.15) is 4.98 Å². The van der Waals surface area contributed by atoms with Crippen LogP contribution in [-0.2, 0) is 14.3 Å². The SMILES string of the molecule is CCOC1=CC=C(C(=O)Nc2nc(N(C)C)n(C3=CC=CCC=C3)c2C(=O)OC(C)(C)C)CC=C1. The van der Waals surface area contributed by atoms with E-state index in [1.54, 1.807) is 42.4 Å². The highest BCUT2D eigenvalue weighted by Gasteiger charge is 2.31. The summed E-state index contributed by atoms with van der Waals surface area (Å²) >= 11 is 0. The number of amides is 1. The minimum atomic E-state index is -0.728. The first-order valence-electron chi connectivity index (χ1n) is 11.7. The number of aromatic nitrogens is 2. The van der Waals surface area contributed by atoms with E-state index < -0.39 is 11.6 Å². The van der Waals surface area contributed by atoms with Gasteiger partial charge in [-0.25, -0.2) is 4.79 Å². The van der Waals surface area contributed by atoms with Crippen LogP contribution in [0.25, 0.3) is 5.70 Å². The van der Waals surface area contributed by atoms with E-state index in [4.69, 9.17) is 9.47 Å². The van der Waals surface area contributed by atoms with Gasteiger partial charge in [-0.3, -0.25) is 9.36 Å². The molecule has 186 valence electrons. The Balaban J connectivity index is 2.08. The molecule has 1 heterocycles. The molecule has 3 rings (SSSR count). The number of anilines is 2. The van der Waals surface area contributed by atoms with Crippen molar-refractivity contribution in [1.82, 2.24) is 9.55 Å². The molecule has 0 radical (unpaired) electrons. The molecular weight excluding hydrogens is 444 g/mol. The molecule has 0 aromatic carbocycles. The smallest absolute Gasteiger partial charge is 0.359 e. The van der Waals surface area contributed by atoms with Gasteiger partial charge in [0.2, 0.25) is 5.95 Å². The number of allylic oxidation sites excluding steroid dienone is 10. The Morgan fingerprint density at radius 3 is 2.57 bits per heavy atom. The topological polar surface area (TPSA) is 85.7 Å². The predicted molar refractivity (Wildman–Crippen MR) is 139 cm³/mol. The first-order chi connectivity index (χ1) is 16.6. The fourth-order valence-electron chi connectivity index (χ4n) is 3.50. The van der Waals surface area contributed by atoms with Gasteiger partial charge in [0.05, 0.1) is 6.61 Å². The van der Waals surface area contributed by atoms with Gasteiger partial charge in [0.1, 0.15) is 11.4 Å². The van der Waals surface area contributed by atoms with Gasteiger partial charge in [-0.15, -0.1) is 0 Å². The van der Waals surface area contributed by atoms with Crippen LogP contribution in [-0.4, -0.2) is 47.7 Å². The number of nitrogens with one attached hydrogen (secondary N) is 1. The lowest BCUT2D eigenvalue weighted by Gasteiger charge is -2.21. The van der Waals surface area contributed by atoms with Crippen molar-refractivity contribution in [1.29, 1.82) is 0 Å². The highest BCUT2D eigenvalue weighted by molar-refractivity contribution is 6.07. The van der Waals surface area contributed by atoms with Crippen LogP contribution in [0.2, 0.25) is 0 Å². The lowest BCUT2D eigenvalue weighted by Crippen LogP contribution is -2.27. The second-order valence-electron chi connectivity index (χ2n) is 9.25. The van der Waals surface area contributed by atoms with Crippen LogP contribution >= 0.6 is 0 Å². The zero-order valence-corrected chi connectivity index (χ0v) is 21.3. The number of imidazole rings is 1. The van der Waals surface area contributed by atoms with Gasteiger partial charge in [0.15, 0.2) is 11.5 Å². The van der Waals surface area contributed by atoms with Crippen LogP contribution < -0.4 is 10.2 Å². The molecule has 0 aliphatic heterocycles. The molecule has 0 unspecified atom stereocenters. The number of carbonyl (C=O) groups excluding carboxylic acids is 2. The molecule has 1 aromatic rings. The van der Waals surface area contributed by atoms with Gasteiger partial charge in [-0.1, -0.05) is 24.3 Å². The summed E-state index contributed by atoms with van der Waals surface area (Å²) in [5, 5.41) is 2.85. The normalized spacial score (nSPS) is 15.4. The highest BCUT2D eigenvalue weighted by atomic mass is 16.6. The van der Waals surface area contributed by atoms with Crippen LogP contribution in [0.1, 0.15) is 51.0 Å².